The van der Waals surface area contributed by atoms with E-state index in [1.54, 1.807) is 23.6 Å². The molecular weight excluding hydrogens is 444 g/mol. The number of hydrogen-bond acceptors (Lipinski definition) is 6. The molecule has 0 bridgehead atoms. The van der Waals surface area contributed by atoms with E-state index >= 15 is 0 Å². The molecule has 2 heterocycles. The zero-order valence-electron chi connectivity index (χ0n) is 18.1. The molecule has 4 rings (SSSR count). The number of piperazine rings is 1. The number of nitrogens with zero attached hydrogens (tertiary/aromatic N) is 3. The molecule has 0 aliphatic carbocycles. The van der Waals surface area contributed by atoms with E-state index in [0.717, 1.165) is 35.8 Å². The van der Waals surface area contributed by atoms with E-state index in [1.165, 1.54) is 21.7 Å². The number of carbonyl (C=O) groups is 1. The summed E-state index contributed by atoms with van der Waals surface area (Å²) in [6.07, 6.45) is 0. The smallest absolute Gasteiger partial charge is 0.275 e. The Morgan fingerprint density at radius 2 is 1.84 bits per heavy atom. The van der Waals surface area contributed by atoms with Crippen LogP contribution < -0.4 is 5.32 Å². The Kier molecular flexibility index (Phi) is 6.71. The minimum Gasteiger partial charge on any atom is -0.321 e. The largest absolute Gasteiger partial charge is 0.321 e. The van der Waals surface area contributed by atoms with Gasteiger partial charge in [0.25, 0.3) is 5.91 Å². The maximum atomic E-state index is 13.1. The van der Waals surface area contributed by atoms with Crippen molar-refractivity contribution in [3.05, 3.63) is 65.2 Å². The minimum atomic E-state index is -3.61. The lowest BCUT2D eigenvalue weighted by atomic mass is 10.1. The minimum absolute atomic E-state index is 0.180. The van der Waals surface area contributed by atoms with Gasteiger partial charge in [-0.3, -0.25) is 4.79 Å². The third kappa shape index (κ3) is 4.75. The van der Waals surface area contributed by atoms with Crippen LogP contribution in [-0.2, 0) is 10.0 Å². The summed E-state index contributed by atoms with van der Waals surface area (Å²) in [5, 5.41) is 5.27. The monoisotopic (exact) mass is 470 g/mol. The molecule has 2 aromatic carbocycles. The number of anilines is 1. The van der Waals surface area contributed by atoms with Gasteiger partial charge >= 0.3 is 0 Å². The van der Waals surface area contributed by atoms with Crippen LogP contribution >= 0.6 is 11.3 Å². The number of carbonyl (C=O) groups excluding carboxylic acids is 1. The van der Waals surface area contributed by atoms with Crippen molar-refractivity contribution in [1.82, 2.24) is 14.2 Å². The average molecular weight is 471 g/mol. The second-order valence-corrected chi connectivity index (χ2v) is 10.5. The molecule has 0 spiro atoms. The van der Waals surface area contributed by atoms with Gasteiger partial charge in [0.2, 0.25) is 10.0 Å². The lowest BCUT2D eigenvalue weighted by molar-refractivity contribution is 0.102. The SMILES string of the molecule is CCN1CCN(S(=O)(=O)c2cccc(NC(=O)c3csc(-c4ccccc4C)n3)c2)CC1. The number of hydrogen-bond donors (Lipinski definition) is 1. The first kappa shape index (κ1) is 22.6. The molecule has 168 valence electrons. The van der Waals surface area contributed by atoms with Gasteiger partial charge in [-0.15, -0.1) is 11.3 Å². The van der Waals surface area contributed by atoms with Gasteiger partial charge in [0.05, 0.1) is 4.90 Å². The molecule has 1 N–H and O–H groups in total. The number of nitrogens with one attached hydrogen (secondary N) is 1. The summed E-state index contributed by atoms with van der Waals surface area (Å²) in [5.74, 6) is -0.368. The molecule has 0 unspecified atom stereocenters. The van der Waals surface area contributed by atoms with E-state index in [1.807, 2.05) is 31.2 Å². The Labute approximate surface area is 192 Å². The standard InChI is InChI=1S/C23H26N4O3S2/c1-3-26-11-13-27(14-12-26)32(29,30)19-9-6-8-18(15-19)24-22(28)21-16-31-23(25-21)20-10-5-4-7-17(20)2/h4-10,15-16H,3,11-14H2,1-2H3,(H,24,28). The number of aromatic nitrogens is 1. The third-order valence-corrected chi connectivity index (χ3v) is 8.39. The van der Waals surface area contributed by atoms with Crippen LogP contribution in [0.5, 0.6) is 0 Å². The molecule has 1 aliphatic heterocycles. The number of rotatable bonds is 6. The fourth-order valence-electron chi connectivity index (χ4n) is 3.68. The normalized spacial score (nSPS) is 15.6. The summed E-state index contributed by atoms with van der Waals surface area (Å²) < 4.78 is 27.6. The first-order chi connectivity index (χ1) is 15.4. The lowest BCUT2D eigenvalue weighted by Gasteiger charge is -2.33. The Bertz CT molecular complexity index is 1220. The van der Waals surface area contributed by atoms with Crippen LogP contribution in [0.15, 0.2) is 58.8 Å². The summed E-state index contributed by atoms with van der Waals surface area (Å²) in [4.78, 5) is 19.6. The molecule has 0 radical (unpaired) electrons. The molecule has 0 atom stereocenters. The highest BCUT2D eigenvalue weighted by Gasteiger charge is 2.28. The Morgan fingerprint density at radius 1 is 1.09 bits per heavy atom. The number of benzene rings is 2. The van der Waals surface area contributed by atoms with Crippen LogP contribution in [0.2, 0.25) is 0 Å². The first-order valence-corrected chi connectivity index (χ1v) is 12.9. The Balaban J connectivity index is 1.49. The predicted octanol–water partition coefficient (Wildman–Crippen LogP) is 3.70. The molecule has 1 amide bonds. The van der Waals surface area contributed by atoms with Crippen LogP contribution in [0.25, 0.3) is 10.6 Å². The van der Waals surface area contributed by atoms with Crippen molar-refractivity contribution in [3.8, 4) is 10.6 Å². The molecule has 9 heteroatoms. The third-order valence-electron chi connectivity index (χ3n) is 5.62. The van der Waals surface area contributed by atoms with Crippen molar-refractivity contribution in [3.63, 3.8) is 0 Å². The van der Waals surface area contributed by atoms with Gasteiger partial charge in [0.1, 0.15) is 10.7 Å². The van der Waals surface area contributed by atoms with Crippen LogP contribution in [0.3, 0.4) is 0 Å². The molecule has 1 aliphatic rings. The van der Waals surface area contributed by atoms with Crippen molar-refractivity contribution in [1.29, 1.82) is 0 Å². The number of likely N-dealkylation sites (N-methyl/N-ethyl adjacent to an activating group) is 1. The molecular formula is C23H26N4O3S2. The molecule has 1 aromatic heterocycles. The van der Waals surface area contributed by atoms with Crippen molar-refractivity contribution >= 4 is 33.0 Å². The van der Waals surface area contributed by atoms with Gasteiger partial charge in [-0.05, 0) is 37.2 Å². The van der Waals surface area contributed by atoms with E-state index in [-0.39, 0.29) is 10.8 Å². The quantitative estimate of drug-likeness (QED) is 0.594. The summed E-state index contributed by atoms with van der Waals surface area (Å²) in [6, 6.07) is 14.3. The zero-order valence-corrected chi connectivity index (χ0v) is 19.7. The first-order valence-electron chi connectivity index (χ1n) is 10.5. The maximum absolute atomic E-state index is 13.1. The highest BCUT2D eigenvalue weighted by molar-refractivity contribution is 7.89. The van der Waals surface area contributed by atoms with Crippen molar-refractivity contribution in [2.45, 2.75) is 18.7 Å². The van der Waals surface area contributed by atoms with Crippen LogP contribution in [-0.4, -0.2) is 61.2 Å². The second-order valence-electron chi connectivity index (χ2n) is 7.67. The van der Waals surface area contributed by atoms with Crippen LogP contribution in [0.1, 0.15) is 23.0 Å². The molecule has 32 heavy (non-hydrogen) atoms. The van der Waals surface area contributed by atoms with E-state index in [4.69, 9.17) is 0 Å². The molecule has 3 aromatic rings. The number of aryl methyl sites for hydroxylation is 1. The molecule has 1 fully saturated rings. The Morgan fingerprint density at radius 3 is 2.56 bits per heavy atom. The molecule has 7 nitrogen and oxygen atoms in total. The van der Waals surface area contributed by atoms with Gasteiger partial charge in [-0.1, -0.05) is 37.3 Å². The summed E-state index contributed by atoms with van der Waals surface area (Å²) in [5.41, 5.74) is 2.81. The van der Waals surface area contributed by atoms with Gasteiger partial charge < -0.3 is 10.2 Å². The van der Waals surface area contributed by atoms with E-state index in [9.17, 15) is 13.2 Å². The lowest BCUT2D eigenvalue weighted by Crippen LogP contribution is -2.48. The average Bonchev–Trinajstić information content (AvgIpc) is 3.30. The summed E-state index contributed by atoms with van der Waals surface area (Å²) >= 11 is 1.41. The van der Waals surface area contributed by atoms with Crippen molar-refractivity contribution in [2.24, 2.45) is 0 Å². The van der Waals surface area contributed by atoms with Gasteiger partial charge in [0, 0.05) is 42.8 Å². The number of amides is 1. The fourth-order valence-corrected chi connectivity index (χ4v) is 6.04. The van der Waals surface area contributed by atoms with E-state index in [2.05, 4.69) is 22.1 Å². The zero-order chi connectivity index (χ0) is 22.7. The highest BCUT2D eigenvalue weighted by atomic mass is 32.2. The van der Waals surface area contributed by atoms with Gasteiger partial charge in [-0.2, -0.15) is 4.31 Å². The van der Waals surface area contributed by atoms with Crippen molar-refractivity contribution in [2.75, 3.05) is 38.0 Å². The summed E-state index contributed by atoms with van der Waals surface area (Å²) in [7, 11) is -3.61. The van der Waals surface area contributed by atoms with Gasteiger partial charge in [-0.25, -0.2) is 13.4 Å². The second kappa shape index (κ2) is 9.50. The van der Waals surface area contributed by atoms with E-state index in [0.29, 0.717) is 24.5 Å². The van der Waals surface area contributed by atoms with Crippen LogP contribution in [0, 0.1) is 6.92 Å². The molecule has 1 saturated heterocycles. The van der Waals surface area contributed by atoms with Gasteiger partial charge in [0.15, 0.2) is 0 Å². The van der Waals surface area contributed by atoms with Crippen molar-refractivity contribution < 1.29 is 13.2 Å². The van der Waals surface area contributed by atoms with Crippen LogP contribution in [0.4, 0.5) is 5.69 Å². The topological polar surface area (TPSA) is 82.6 Å². The fraction of sp³-hybridized carbons (Fsp3) is 0.304. The number of sulfonamides is 1. The Hall–Kier alpha value is -2.59. The highest BCUT2D eigenvalue weighted by Crippen LogP contribution is 2.27. The number of thiazole rings is 1. The molecule has 0 saturated carbocycles. The predicted molar refractivity (Wildman–Crippen MR) is 128 cm³/mol. The maximum Gasteiger partial charge on any atom is 0.275 e. The van der Waals surface area contributed by atoms with E-state index < -0.39 is 10.0 Å². The summed E-state index contributed by atoms with van der Waals surface area (Å²) in [6.45, 7) is 7.36.